The number of likely N-dealkylation sites (tertiary alicyclic amines) is 1. The molecule has 10 heteroatoms. The van der Waals surface area contributed by atoms with Gasteiger partial charge in [-0.2, -0.15) is 0 Å². The van der Waals surface area contributed by atoms with Gasteiger partial charge in [0.2, 0.25) is 5.91 Å². The minimum atomic E-state index is -3.90. The van der Waals surface area contributed by atoms with Gasteiger partial charge in [-0.15, -0.1) is 0 Å². The minimum Gasteiger partial charge on any atom is -0.487 e. The van der Waals surface area contributed by atoms with Gasteiger partial charge >= 0.3 is 0 Å². The molecule has 2 N–H and O–H groups in total. The average molecular weight is 505 g/mol. The van der Waals surface area contributed by atoms with Crippen LogP contribution in [0.5, 0.6) is 5.75 Å². The van der Waals surface area contributed by atoms with Crippen molar-refractivity contribution in [2.24, 2.45) is 0 Å². The number of benzene rings is 2. The number of amides is 1. The fourth-order valence-electron chi connectivity index (χ4n) is 5.25. The van der Waals surface area contributed by atoms with Crippen molar-refractivity contribution in [3.05, 3.63) is 53.8 Å². The van der Waals surface area contributed by atoms with E-state index in [4.69, 9.17) is 9.47 Å². The van der Waals surface area contributed by atoms with Crippen LogP contribution < -0.4 is 9.46 Å². The van der Waals surface area contributed by atoms with Gasteiger partial charge < -0.3 is 19.5 Å². The molecule has 0 aromatic heterocycles. The summed E-state index contributed by atoms with van der Waals surface area (Å²) >= 11 is 0. The van der Waals surface area contributed by atoms with Crippen molar-refractivity contribution >= 4 is 21.6 Å². The molecule has 0 aliphatic carbocycles. The number of fused-ring (bicyclic) bond motifs is 3. The van der Waals surface area contributed by atoms with Crippen molar-refractivity contribution in [2.75, 3.05) is 24.4 Å². The summed E-state index contributed by atoms with van der Waals surface area (Å²) in [5.74, 6) is 0.000791. The van der Waals surface area contributed by atoms with E-state index in [9.17, 15) is 22.7 Å². The van der Waals surface area contributed by atoms with Crippen LogP contribution in [0.3, 0.4) is 0 Å². The van der Waals surface area contributed by atoms with Crippen LogP contribution in [0.15, 0.2) is 47.4 Å². The Morgan fingerprint density at radius 3 is 2.57 bits per heavy atom. The van der Waals surface area contributed by atoms with Crippen LogP contribution in [0.4, 0.5) is 10.1 Å². The highest BCUT2D eigenvalue weighted by molar-refractivity contribution is 7.92. The van der Waals surface area contributed by atoms with E-state index in [0.717, 1.165) is 50.0 Å². The zero-order valence-electron chi connectivity index (χ0n) is 19.2. The highest BCUT2D eigenvalue weighted by Crippen LogP contribution is 2.47. The van der Waals surface area contributed by atoms with Gasteiger partial charge in [0.05, 0.1) is 24.0 Å². The molecule has 2 aromatic carbocycles. The van der Waals surface area contributed by atoms with Crippen molar-refractivity contribution in [2.45, 2.75) is 61.2 Å². The van der Waals surface area contributed by atoms with Gasteiger partial charge in [-0.3, -0.25) is 9.52 Å². The van der Waals surface area contributed by atoms with Crippen molar-refractivity contribution < 1.29 is 32.2 Å². The van der Waals surface area contributed by atoms with E-state index in [1.54, 1.807) is 18.2 Å². The topological polar surface area (TPSA) is 105 Å². The Kier molecular flexibility index (Phi) is 6.69. The van der Waals surface area contributed by atoms with Crippen molar-refractivity contribution in [3.63, 3.8) is 0 Å². The summed E-state index contributed by atoms with van der Waals surface area (Å²) in [7, 11) is -3.90. The quantitative estimate of drug-likeness (QED) is 0.627. The summed E-state index contributed by atoms with van der Waals surface area (Å²) in [4.78, 5) is 14.7. The maximum absolute atomic E-state index is 13.2. The second kappa shape index (κ2) is 9.75. The highest BCUT2D eigenvalue weighted by atomic mass is 32.2. The van der Waals surface area contributed by atoms with Crippen molar-refractivity contribution in [3.8, 4) is 5.75 Å². The highest BCUT2D eigenvalue weighted by Gasteiger charge is 2.46. The molecular weight excluding hydrogens is 475 g/mol. The lowest BCUT2D eigenvalue weighted by molar-refractivity contribution is -0.149. The smallest absolute Gasteiger partial charge is 0.261 e. The molecule has 3 aliphatic heterocycles. The van der Waals surface area contributed by atoms with E-state index < -0.39 is 28.0 Å². The van der Waals surface area contributed by atoms with Crippen LogP contribution in [0.2, 0.25) is 0 Å². The Bertz CT molecular complexity index is 1180. The number of carbonyl (C=O) groups excluding carboxylic acids is 1. The molecule has 0 spiro atoms. The Labute approximate surface area is 204 Å². The van der Waals surface area contributed by atoms with Crippen molar-refractivity contribution in [1.82, 2.24) is 4.90 Å². The van der Waals surface area contributed by atoms with E-state index in [-0.39, 0.29) is 35.9 Å². The number of carbonyl (C=O) groups is 1. The summed E-state index contributed by atoms with van der Waals surface area (Å²) in [5, 5.41) is 9.95. The van der Waals surface area contributed by atoms with E-state index in [1.807, 2.05) is 4.90 Å². The van der Waals surface area contributed by atoms with Crippen LogP contribution in [0, 0.1) is 5.82 Å². The lowest BCUT2D eigenvalue weighted by atomic mass is 9.84. The predicted molar refractivity (Wildman–Crippen MR) is 126 cm³/mol. The molecule has 5 rings (SSSR count). The van der Waals surface area contributed by atoms with Gasteiger partial charge in [0.15, 0.2) is 0 Å². The number of nitrogens with zero attached hydrogens (tertiary/aromatic N) is 1. The molecular formula is C25H29FN2O6S. The molecule has 2 fully saturated rings. The van der Waals surface area contributed by atoms with Gasteiger partial charge in [-0.05, 0) is 68.1 Å². The average Bonchev–Trinajstić information content (AvgIpc) is 3.22. The van der Waals surface area contributed by atoms with Crippen LogP contribution in [-0.4, -0.2) is 62.3 Å². The Morgan fingerprint density at radius 2 is 1.86 bits per heavy atom. The van der Waals surface area contributed by atoms with Gasteiger partial charge in [0.25, 0.3) is 10.0 Å². The largest absolute Gasteiger partial charge is 0.487 e. The first-order chi connectivity index (χ1) is 16.8. The second-order valence-corrected chi connectivity index (χ2v) is 11.0. The number of aliphatic hydroxyl groups excluding tert-OH is 1. The number of rotatable bonds is 6. The molecule has 0 bridgehead atoms. The van der Waals surface area contributed by atoms with E-state index >= 15 is 0 Å². The van der Waals surface area contributed by atoms with Gasteiger partial charge in [0.1, 0.15) is 23.8 Å². The van der Waals surface area contributed by atoms with Crippen LogP contribution in [0.25, 0.3) is 0 Å². The number of piperidine rings is 1. The molecule has 0 saturated carbocycles. The van der Waals surface area contributed by atoms with Gasteiger partial charge in [0, 0.05) is 30.3 Å². The van der Waals surface area contributed by atoms with Gasteiger partial charge in [-0.1, -0.05) is 0 Å². The maximum atomic E-state index is 13.2. The standard InChI is InChI=1S/C25H29FN2O6S/c26-16-4-7-19(8-5-16)35(31,32)27-17-6-9-22-20(12-17)21-13-18(33-23(15-29)25(21)34-22)14-24(30)28-10-2-1-3-11-28/h4-9,12,18,21,23,25,27,29H,1-3,10-11,13-15H2/t18-,21+,23+,25-/m1/s1. The number of halogens is 1. The Morgan fingerprint density at radius 1 is 1.11 bits per heavy atom. The third-order valence-corrected chi connectivity index (χ3v) is 8.38. The lowest BCUT2D eigenvalue weighted by Gasteiger charge is -2.38. The molecule has 3 aliphatic rings. The third-order valence-electron chi connectivity index (χ3n) is 6.99. The number of ether oxygens (including phenoxy) is 2. The summed E-state index contributed by atoms with van der Waals surface area (Å²) in [6.45, 7) is 1.29. The van der Waals surface area contributed by atoms with E-state index in [0.29, 0.717) is 17.9 Å². The zero-order valence-corrected chi connectivity index (χ0v) is 20.0. The predicted octanol–water partition coefficient (Wildman–Crippen LogP) is 3.02. The SMILES string of the molecule is O=C(C[C@H]1C[C@H]2c3cc(NS(=O)(=O)c4ccc(F)cc4)ccc3O[C@H]2[C@H](CO)O1)N1CCCCC1. The third kappa shape index (κ3) is 5.00. The van der Waals surface area contributed by atoms with E-state index in [2.05, 4.69) is 4.72 Å². The Balaban J connectivity index is 1.34. The first kappa shape index (κ1) is 24.0. The fraction of sp³-hybridized carbons (Fsp3) is 0.480. The summed E-state index contributed by atoms with van der Waals surface area (Å²) in [5.41, 5.74) is 1.16. The van der Waals surface area contributed by atoms with Crippen molar-refractivity contribution in [1.29, 1.82) is 0 Å². The summed E-state index contributed by atoms with van der Waals surface area (Å²) in [6.07, 6.45) is 2.57. The molecule has 1 amide bonds. The number of nitrogens with one attached hydrogen (secondary N) is 1. The molecule has 3 heterocycles. The molecule has 0 radical (unpaired) electrons. The number of hydrogen-bond donors (Lipinski definition) is 2. The van der Waals surface area contributed by atoms with Gasteiger partial charge in [-0.25, -0.2) is 12.8 Å². The number of aliphatic hydroxyl groups is 1. The first-order valence-corrected chi connectivity index (χ1v) is 13.5. The summed E-state index contributed by atoms with van der Waals surface area (Å²) in [6, 6.07) is 9.62. The molecule has 2 saturated heterocycles. The molecule has 188 valence electrons. The normalized spacial score (nSPS) is 25.9. The fourth-order valence-corrected chi connectivity index (χ4v) is 6.30. The molecule has 8 nitrogen and oxygen atoms in total. The van der Waals surface area contributed by atoms with Crippen LogP contribution >= 0.6 is 0 Å². The lowest BCUT2D eigenvalue weighted by Crippen LogP contribution is -2.48. The molecule has 2 aromatic rings. The van der Waals surface area contributed by atoms with E-state index in [1.165, 1.54) is 12.1 Å². The number of hydrogen-bond acceptors (Lipinski definition) is 6. The Hall–Kier alpha value is -2.69. The first-order valence-electron chi connectivity index (χ1n) is 12.0. The van der Waals surface area contributed by atoms with Crippen LogP contribution in [0.1, 0.15) is 43.6 Å². The molecule has 4 atom stereocenters. The zero-order chi connectivity index (χ0) is 24.6. The maximum Gasteiger partial charge on any atom is 0.261 e. The number of sulfonamides is 1. The minimum absolute atomic E-state index is 0.0452. The van der Waals surface area contributed by atoms with Crippen LogP contribution in [-0.2, 0) is 19.6 Å². The monoisotopic (exact) mass is 504 g/mol. The number of anilines is 1. The second-order valence-electron chi connectivity index (χ2n) is 9.36. The molecule has 35 heavy (non-hydrogen) atoms. The summed E-state index contributed by atoms with van der Waals surface area (Å²) < 4.78 is 53.4. The molecule has 0 unspecified atom stereocenters.